The zero-order valence-electron chi connectivity index (χ0n) is 6.02. The molecule has 2 rings (SSSR count). The summed E-state index contributed by atoms with van der Waals surface area (Å²) >= 11 is 0. The molecule has 0 atom stereocenters. The Morgan fingerprint density at radius 1 is 0.727 bits per heavy atom. The van der Waals surface area contributed by atoms with Crippen LogP contribution in [0.15, 0.2) is 24.8 Å². The summed E-state index contributed by atoms with van der Waals surface area (Å²) in [5.41, 5.74) is 1.22. The van der Waals surface area contributed by atoms with Crippen molar-refractivity contribution in [1.29, 1.82) is 0 Å². The summed E-state index contributed by atoms with van der Waals surface area (Å²) in [4.78, 5) is 13.2. The summed E-state index contributed by atoms with van der Waals surface area (Å²) in [6, 6.07) is 0. The topological polar surface area (TPSA) is 48.1 Å². The van der Waals surface area contributed by atoms with Gasteiger partial charge in [-0.25, -0.2) is 0 Å². The van der Waals surface area contributed by atoms with Gasteiger partial charge < -0.3 is 19.9 Å². The molecule has 0 amide bonds. The van der Waals surface area contributed by atoms with Gasteiger partial charge in [0, 0.05) is 30.5 Å². The van der Waals surface area contributed by atoms with Gasteiger partial charge in [0.1, 0.15) is 0 Å². The molecular formula is C5H10N4Si2. The number of rotatable bonds is 2. The number of hydrogen-bond acceptors (Lipinski definition) is 4. The van der Waals surface area contributed by atoms with Gasteiger partial charge in [0.2, 0.25) is 0 Å². The van der Waals surface area contributed by atoms with Crippen LogP contribution in [-0.2, 0) is 0 Å². The number of hydrogen-bond donors (Lipinski definition) is 4. The Balaban J connectivity index is 1.73. The van der Waals surface area contributed by atoms with E-state index in [-0.39, 0.29) is 0 Å². The zero-order valence-corrected chi connectivity index (χ0v) is 8.02. The molecule has 0 aromatic heterocycles. The van der Waals surface area contributed by atoms with Crippen molar-refractivity contribution in [1.82, 2.24) is 19.9 Å². The Kier molecular flexibility index (Phi) is 1.86. The third kappa shape index (κ3) is 1.57. The highest BCUT2D eigenvalue weighted by Gasteiger charge is 2.23. The lowest BCUT2D eigenvalue weighted by molar-refractivity contribution is 1.21. The average molecular weight is 182 g/mol. The average Bonchev–Trinajstić information content (AvgIpc) is 2.60. The summed E-state index contributed by atoms with van der Waals surface area (Å²) < 4.78 is 0. The third-order valence-electron chi connectivity index (χ3n) is 1.55. The van der Waals surface area contributed by atoms with E-state index < -0.39 is 18.2 Å². The summed E-state index contributed by atoms with van der Waals surface area (Å²) in [6.45, 7) is 0. The van der Waals surface area contributed by atoms with Gasteiger partial charge in [-0.1, -0.05) is 0 Å². The van der Waals surface area contributed by atoms with E-state index in [1.165, 1.54) is 5.67 Å². The van der Waals surface area contributed by atoms with Crippen molar-refractivity contribution in [3.05, 3.63) is 24.8 Å². The van der Waals surface area contributed by atoms with Crippen molar-refractivity contribution in [3.8, 4) is 0 Å². The quantitative estimate of drug-likeness (QED) is 0.407. The largest absolute Gasteiger partial charge is 0.399 e. The highest BCUT2D eigenvalue weighted by atomic mass is 28.3. The van der Waals surface area contributed by atoms with Crippen molar-refractivity contribution in [2.75, 3.05) is 0 Å². The van der Waals surface area contributed by atoms with Crippen LogP contribution in [0.2, 0.25) is 5.67 Å². The molecule has 2 heterocycles. The van der Waals surface area contributed by atoms with E-state index in [2.05, 4.69) is 19.9 Å². The molecule has 2 aliphatic rings. The van der Waals surface area contributed by atoms with Crippen LogP contribution in [0.5, 0.6) is 0 Å². The van der Waals surface area contributed by atoms with Crippen LogP contribution in [0.3, 0.4) is 0 Å². The molecule has 0 aliphatic carbocycles. The van der Waals surface area contributed by atoms with Crippen LogP contribution in [0, 0.1) is 0 Å². The van der Waals surface area contributed by atoms with Gasteiger partial charge in [-0.15, -0.1) is 0 Å². The van der Waals surface area contributed by atoms with Crippen LogP contribution < -0.4 is 19.9 Å². The molecule has 0 spiro atoms. The van der Waals surface area contributed by atoms with E-state index >= 15 is 0 Å². The molecule has 0 bridgehead atoms. The monoisotopic (exact) mass is 182 g/mol. The SMILES string of the molecule is C1=CN[Si](C[Si]2NC=CN2)N1. The zero-order chi connectivity index (χ0) is 7.52. The van der Waals surface area contributed by atoms with E-state index in [4.69, 9.17) is 0 Å². The van der Waals surface area contributed by atoms with Gasteiger partial charge in [0.05, 0.1) is 0 Å². The molecule has 4 nitrogen and oxygen atoms in total. The third-order valence-corrected chi connectivity index (χ3v) is 6.44. The Hall–Kier alpha value is -0.886. The molecule has 11 heavy (non-hydrogen) atoms. The van der Waals surface area contributed by atoms with Gasteiger partial charge in [-0.2, -0.15) is 0 Å². The van der Waals surface area contributed by atoms with Crippen molar-refractivity contribution < 1.29 is 0 Å². The fraction of sp³-hybridized carbons (Fsp3) is 0.200. The van der Waals surface area contributed by atoms with Crippen molar-refractivity contribution in [2.24, 2.45) is 0 Å². The van der Waals surface area contributed by atoms with Crippen LogP contribution in [0.25, 0.3) is 0 Å². The predicted molar refractivity (Wildman–Crippen MR) is 47.1 cm³/mol. The number of nitrogens with one attached hydrogen (secondary N) is 4. The van der Waals surface area contributed by atoms with Crippen molar-refractivity contribution >= 4 is 18.2 Å². The molecule has 0 aromatic carbocycles. The molecule has 0 unspecified atom stereocenters. The first-order valence-electron chi connectivity index (χ1n) is 3.53. The fourth-order valence-corrected chi connectivity index (χ4v) is 5.39. The minimum Gasteiger partial charge on any atom is -0.399 e. The standard InChI is InChI=1S/C5H10N4Si2/c1-2-7-10(6-1)5-11-8-3-4-9-11/h1-4,6-9H,5H2. The van der Waals surface area contributed by atoms with Crippen LogP contribution >= 0.6 is 0 Å². The molecule has 2 aliphatic heterocycles. The summed E-state index contributed by atoms with van der Waals surface area (Å²) in [5.74, 6) is 0. The Morgan fingerprint density at radius 2 is 1.09 bits per heavy atom. The lowest BCUT2D eigenvalue weighted by atomic mass is 11.0. The van der Waals surface area contributed by atoms with E-state index in [0.717, 1.165) is 0 Å². The maximum atomic E-state index is 3.31. The second-order valence-corrected chi connectivity index (χ2v) is 6.86. The molecule has 2 radical (unpaired) electrons. The smallest absolute Gasteiger partial charge is 0.292 e. The van der Waals surface area contributed by atoms with Crippen molar-refractivity contribution in [2.45, 2.75) is 5.67 Å². The fourth-order valence-electron chi connectivity index (χ4n) is 1.03. The van der Waals surface area contributed by atoms with Gasteiger partial charge in [-0.05, 0) is 0 Å². The molecule has 0 saturated carbocycles. The Labute approximate surface area is 69.3 Å². The highest BCUT2D eigenvalue weighted by Crippen LogP contribution is 1.95. The lowest BCUT2D eigenvalue weighted by Crippen LogP contribution is -2.48. The van der Waals surface area contributed by atoms with Crippen LogP contribution in [0.4, 0.5) is 0 Å². The summed E-state index contributed by atoms with van der Waals surface area (Å²) in [6.07, 6.45) is 7.94. The molecule has 58 valence electrons. The molecule has 4 N–H and O–H groups in total. The Bertz CT molecular complexity index is 157. The van der Waals surface area contributed by atoms with E-state index in [1.807, 2.05) is 24.8 Å². The van der Waals surface area contributed by atoms with Gasteiger partial charge >= 0.3 is 0 Å². The molecule has 0 saturated heterocycles. The highest BCUT2D eigenvalue weighted by molar-refractivity contribution is 6.73. The molecule has 0 fully saturated rings. The van der Waals surface area contributed by atoms with Crippen LogP contribution in [0.1, 0.15) is 0 Å². The first-order valence-corrected chi connectivity index (χ1v) is 6.94. The first-order chi connectivity index (χ1) is 5.45. The normalized spacial score (nSPS) is 22.5. The first kappa shape index (κ1) is 6.80. The van der Waals surface area contributed by atoms with Crippen molar-refractivity contribution in [3.63, 3.8) is 0 Å². The molecule has 6 heteroatoms. The van der Waals surface area contributed by atoms with Gasteiger partial charge in [-0.3, -0.25) is 0 Å². The van der Waals surface area contributed by atoms with E-state index in [0.29, 0.717) is 0 Å². The summed E-state index contributed by atoms with van der Waals surface area (Å²) in [5, 5.41) is 0. The second kappa shape index (κ2) is 3.01. The second-order valence-electron chi connectivity index (χ2n) is 2.38. The minimum atomic E-state index is -0.526. The van der Waals surface area contributed by atoms with Gasteiger partial charge in [0.25, 0.3) is 18.2 Å². The molecule has 0 aromatic rings. The minimum absolute atomic E-state index is 0.526. The predicted octanol–water partition coefficient (Wildman–Crippen LogP) is -1.17. The van der Waals surface area contributed by atoms with Gasteiger partial charge in [0.15, 0.2) is 0 Å². The Morgan fingerprint density at radius 3 is 1.45 bits per heavy atom. The maximum Gasteiger partial charge on any atom is 0.292 e. The maximum absolute atomic E-state index is 3.31. The lowest BCUT2D eigenvalue weighted by Gasteiger charge is -2.11. The summed E-state index contributed by atoms with van der Waals surface area (Å²) in [7, 11) is -1.05. The van der Waals surface area contributed by atoms with E-state index in [9.17, 15) is 0 Å². The molecular weight excluding hydrogens is 172 g/mol. The van der Waals surface area contributed by atoms with E-state index in [1.54, 1.807) is 0 Å². The van der Waals surface area contributed by atoms with Crippen LogP contribution in [-0.4, -0.2) is 18.2 Å².